The van der Waals surface area contributed by atoms with Crippen LogP contribution in [-0.2, 0) is 13.0 Å². The molecular weight excluding hydrogens is 252 g/mol. The van der Waals surface area contributed by atoms with Gasteiger partial charge in [0.05, 0.1) is 18.5 Å². The number of hydrazine groups is 1. The van der Waals surface area contributed by atoms with Crippen LogP contribution >= 0.6 is 0 Å². The highest BCUT2D eigenvalue weighted by atomic mass is 16.3. The fraction of sp³-hybridized carbons (Fsp3) is 0.267. The van der Waals surface area contributed by atoms with Gasteiger partial charge in [0, 0.05) is 23.7 Å². The molecule has 1 unspecified atom stereocenters. The van der Waals surface area contributed by atoms with Crippen LogP contribution in [0.5, 0.6) is 0 Å². The van der Waals surface area contributed by atoms with Gasteiger partial charge >= 0.3 is 0 Å². The van der Waals surface area contributed by atoms with E-state index in [0.29, 0.717) is 0 Å². The van der Waals surface area contributed by atoms with Gasteiger partial charge in [0.25, 0.3) is 0 Å². The number of hydrogen-bond donors (Lipinski definition) is 2. The third-order valence-electron chi connectivity index (χ3n) is 3.54. The average Bonchev–Trinajstić information content (AvgIpc) is 3.11. The van der Waals surface area contributed by atoms with Gasteiger partial charge in [-0.1, -0.05) is 18.2 Å². The SMILES string of the molecule is CCn1cc(CC(NN)c2coc3ccccc23)cn1. The first-order valence-corrected chi connectivity index (χ1v) is 6.75. The van der Waals surface area contributed by atoms with Crippen molar-refractivity contribution >= 4 is 11.0 Å². The van der Waals surface area contributed by atoms with Crippen molar-refractivity contribution in [3.05, 3.63) is 54.0 Å². The first kappa shape index (κ1) is 12.9. The number of aryl methyl sites for hydroxylation is 1. The minimum Gasteiger partial charge on any atom is -0.464 e. The zero-order chi connectivity index (χ0) is 13.9. The molecule has 1 atom stereocenters. The Kier molecular flexibility index (Phi) is 3.54. The van der Waals surface area contributed by atoms with Crippen molar-refractivity contribution in [3.63, 3.8) is 0 Å². The van der Waals surface area contributed by atoms with Crippen molar-refractivity contribution in [1.29, 1.82) is 0 Å². The normalized spacial score (nSPS) is 12.9. The summed E-state index contributed by atoms with van der Waals surface area (Å²) in [5.74, 6) is 5.72. The molecule has 3 aromatic rings. The number of benzene rings is 1. The van der Waals surface area contributed by atoms with E-state index in [9.17, 15) is 0 Å². The summed E-state index contributed by atoms with van der Waals surface area (Å²) in [6.07, 6.45) is 6.49. The maximum Gasteiger partial charge on any atom is 0.134 e. The topological polar surface area (TPSA) is 69.0 Å². The van der Waals surface area contributed by atoms with E-state index in [1.165, 1.54) is 0 Å². The highest BCUT2D eigenvalue weighted by Crippen LogP contribution is 2.27. The number of fused-ring (bicyclic) bond motifs is 1. The van der Waals surface area contributed by atoms with E-state index < -0.39 is 0 Å². The standard InChI is InChI=1S/C15H18N4O/c1-2-19-9-11(8-17-19)7-14(18-16)13-10-20-15-6-4-3-5-12(13)15/h3-6,8-10,14,18H,2,7,16H2,1H3. The number of hydrogen-bond acceptors (Lipinski definition) is 4. The summed E-state index contributed by atoms with van der Waals surface area (Å²) in [5.41, 5.74) is 5.99. The molecule has 5 nitrogen and oxygen atoms in total. The molecule has 0 spiro atoms. The van der Waals surface area contributed by atoms with Gasteiger partial charge in [0.2, 0.25) is 0 Å². The summed E-state index contributed by atoms with van der Waals surface area (Å²) in [6, 6.07) is 7.99. The van der Waals surface area contributed by atoms with Gasteiger partial charge < -0.3 is 4.42 Å². The second-order valence-corrected chi connectivity index (χ2v) is 4.81. The lowest BCUT2D eigenvalue weighted by Gasteiger charge is -2.13. The molecule has 0 amide bonds. The quantitative estimate of drug-likeness (QED) is 0.552. The highest BCUT2D eigenvalue weighted by Gasteiger charge is 2.17. The summed E-state index contributed by atoms with van der Waals surface area (Å²) in [6.45, 7) is 2.94. The first-order chi connectivity index (χ1) is 9.81. The fourth-order valence-electron chi connectivity index (χ4n) is 2.45. The molecule has 0 radical (unpaired) electrons. The minimum absolute atomic E-state index is 0.00755. The van der Waals surface area contributed by atoms with E-state index in [4.69, 9.17) is 10.3 Å². The Morgan fingerprint density at radius 2 is 2.25 bits per heavy atom. The number of furan rings is 1. The van der Waals surface area contributed by atoms with Crippen LogP contribution in [0, 0.1) is 0 Å². The Balaban J connectivity index is 1.89. The van der Waals surface area contributed by atoms with E-state index in [1.807, 2.05) is 41.3 Å². The molecule has 0 fully saturated rings. The lowest BCUT2D eigenvalue weighted by atomic mass is 10.0. The molecule has 3 rings (SSSR count). The third kappa shape index (κ3) is 2.33. The Hall–Kier alpha value is -2.11. The molecule has 0 aliphatic rings. The summed E-state index contributed by atoms with van der Waals surface area (Å²) >= 11 is 0. The molecule has 0 saturated carbocycles. The van der Waals surface area contributed by atoms with E-state index in [1.54, 1.807) is 6.26 Å². The molecule has 104 valence electrons. The van der Waals surface area contributed by atoms with Gasteiger partial charge in [-0.05, 0) is 25.0 Å². The molecule has 2 aromatic heterocycles. The van der Waals surface area contributed by atoms with Gasteiger partial charge in [-0.2, -0.15) is 5.10 Å². The Morgan fingerprint density at radius 1 is 1.40 bits per heavy atom. The zero-order valence-electron chi connectivity index (χ0n) is 11.4. The van der Waals surface area contributed by atoms with Crippen LogP contribution in [0.4, 0.5) is 0 Å². The van der Waals surface area contributed by atoms with Crippen molar-refractivity contribution in [2.75, 3.05) is 0 Å². The minimum atomic E-state index is 0.00755. The highest BCUT2D eigenvalue weighted by molar-refractivity contribution is 5.81. The van der Waals surface area contributed by atoms with Crippen LogP contribution in [0.2, 0.25) is 0 Å². The summed E-state index contributed by atoms with van der Waals surface area (Å²) in [7, 11) is 0. The summed E-state index contributed by atoms with van der Waals surface area (Å²) < 4.78 is 7.49. The third-order valence-corrected chi connectivity index (χ3v) is 3.54. The average molecular weight is 270 g/mol. The first-order valence-electron chi connectivity index (χ1n) is 6.75. The monoisotopic (exact) mass is 270 g/mol. The van der Waals surface area contributed by atoms with Crippen molar-refractivity contribution in [1.82, 2.24) is 15.2 Å². The molecule has 0 aliphatic heterocycles. The van der Waals surface area contributed by atoms with E-state index >= 15 is 0 Å². The summed E-state index contributed by atoms with van der Waals surface area (Å²) in [4.78, 5) is 0. The molecule has 3 N–H and O–H groups in total. The Morgan fingerprint density at radius 3 is 3.00 bits per heavy atom. The molecule has 5 heteroatoms. The maximum atomic E-state index is 5.72. The van der Waals surface area contributed by atoms with Gasteiger partial charge in [0.1, 0.15) is 5.58 Å². The Bertz CT molecular complexity index is 701. The maximum absolute atomic E-state index is 5.72. The Labute approximate surface area is 117 Å². The van der Waals surface area contributed by atoms with Crippen LogP contribution in [0.3, 0.4) is 0 Å². The van der Waals surface area contributed by atoms with Crippen molar-refractivity contribution in [3.8, 4) is 0 Å². The number of nitrogens with two attached hydrogens (primary N) is 1. The van der Waals surface area contributed by atoms with Crippen LogP contribution in [0.15, 0.2) is 47.3 Å². The largest absolute Gasteiger partial charge is 0.464 e. The number of nitrogens with zero attached hydrogens (tertiary/aromatic N) is 2. The van der Waals surface area contributed by atoms with Crippen LogP contribution in [0.1, 0.15) is 24.1 Å². The molecule has 0 saturated heterocycles. The smallest absolute Gasteiger partial charge is 0.134 e. The predicted octanol–water partition coefficient (Wildman–Crippen LogP) is 2.40. The van der Waals surface area contributed by atoms with Gasteiger partial charge in [-0.15, -0.1) is 0 Å². The molecule has 0 aliphatic carbocycles. The molecule has 1 aromatic carbocycles. The van der Waals surface area contributed by atoms with Crippen LogP contribution in [0.25, 0.3) is 11.0 Å². The fourth-order valence-corrected chi connectivity index (χ4v) is 2.45. The molecule has 0 bridgehead atoms. The molecular formula is C15H18N4O. The van der Waals surface area contributed by atoms with E-state index in [2.05, 4.69) is 17.4 Å². The van der Waals surface area contributed by atoms with Crippen molar-refractivity contribution in [2.45, 2.75) is 25.9 Å². The number of nitrogens with one attached hydrogen (secondary N) is 1. The lowest BCUT2D eigenvalue weighted by molar-refractivity contribution is 0.536. The van der Waals surface area contributed by atoms with Gasteiger partial charge in [-0.3, -0.25) is 16.0 Å². The van der Waals surface area contributed by atoms with Crippen LogP contribution in [-0.4, -0.2) is 9.78 Å². The van der Waals surface area contributed by atoms with Crippen LogP contribution < -0.4 is 11.3 Å². The number of para-hydroxylation sites is 1. The summed E-state index contributed by atoms with van der Waals surface area (Å²) in [5, 5.41) is 5.39. The molecule has 2 heterocycles. The number of rotatable bonds is 5. The van der Waals surface area contributed by atoms with E-state index in [-0.39, 0.29) is 6.04 Å². The van der Waals surface area contributed by atoms with Gasteiger partial charge in [-0.25, -0.2) is 0 Å². The van der Waals surface area contributed by atoms with Gasteiger partial charge in [0.15, 0.2) is 0 Å². The second-order valence-electron chi connectivity index (χ2n) is 4.81. The second kappa shape index (κ2) is 5.48. The lowest BCUT2D eigenvalue weighted by Crippen LogP contribution is -2.29. The molecule has 20 heavy (non-hydrogen) atoms. The predicted molar refractivity (Wildman–Crippen MR) is 77.9 cm³/mol. The van der Waals surface area contributed by atoms with Crippen molar-refractivity contribution < 1.29 is 4.42 Å². The zero-order valence-corrected chi connectivity index (χ0v) is 11.4. The number of aromatic nitrogens is 2. The van der Waals surface area contributed by atoms with Crippen molar-refractivity contribution in [2.24, 2.45) is 5.84 Å². The van der Waals surface area contributed by atoms with E-state index in [0.717, 1.165) is 35.1 Å².